The van der Waals surface area contributed by atoms with Gasteiger partial charge in [0.1, 0.15) is 6.04 Å². The number of thiazole rings is 1. The number of carboxylic acids is 1. The second kappa shape index (κ2) is 7.37. The summed E-state index contributed by atoms with van der Waals surface area (Å²) in [4.78, 5) is 27.9. The lowest BCUT2D eigenvalue weighted by Gasteiger charge is -2.20. The summed E-state index contributed by atoms with van der Waals surface area (Å²) < 4.78 is 0. The van der Waals surface area contributed by atoms with Crippen LogP contribution in [0.2, 0.25) is 0 Å². The second-order valence-corrected chi connectivity index (χ2v) is 6.57. The van der Waals surface area contributed by atoms with Gasteiger partial charge in [0.25, 0.3) is 5.91 Å². The fourth-order valence-corrected chi connectivity index (χ4v) is 2.82. The lowest BCUT2D eigenvalue weighted by atomic mass is 9.99. The number of carbonyl (C=O) groups is 2. The van der Waals surface area contributed by atoms with E-state index in [1.54, 1.807) is 23.5 Å². The Bertz CT molecular complexity index is 694. The third-order valence-electron chi connectivity index (χ3n) is 3.83. The predicted molar refractivity (Wildman–Crippen MR) is 90.6 cm³/mol. The van der Waals surface area contributed by atoms with Gasteiger partial charge in [-0.1, -0.05) is 32.4 Å². The molecule has 0 spiro atoms. The molecule has 0 saturated carbocycles. The third kappa shape index (κ3) is 4.16. The monoisotopic (exact) mass is 332 g/mol. The molecule has 1 heterocycles. The molecule has 0 aliphatic rings. The number of nitrogens with zero attached hydrogens (tertiary/aromatic N) is 1. The molecular weight excluding hydrogens is 312 g/mol. The van der Waals surface area contributed by atoms with Crippen LogP contribution in [-0.4, -0.2) is 28.0 Å². The van der Waals surface area contributed by atoms with Crippen LogP contribution in [0.3, 0.4) is 0 Å². The summed E-state index contributed by atoms with van der Waals surface area (Å²) in [5, 5.41) is 14.8. The summed E-state index contributed by atoms with van der Waals surface area (Å²) in [6.07, 6.45) is 0.680. The first-order chi connectivity index (χ1) is 10.9. The van der Waals surface area contributed by atoms with Crippen molar-refractivity contribution >= 4 is 23.2 Å². The van der Waals surface area contributed by atoms with Crippen molar-refractivity contribution in [3.05, 3.63) is 40.2 Å². The predicted octanol–water partition coefficient (Wildman–Crippen LogP) is 3.35. The van der Waals surface area contributed by atoms with Gasteiger partial charge in [-0.15, -0.1) is 11.3 Å². The first-order valence-corrected chi connectivity index (χ1v) is 8.36. The van der Waals surface area contributed by atoms with Crippen molar-refractivity contribution in [2.75, 3.05) is 0 Å². The Kier molecular flexibility index (Phi) is 5.50. The SMILES string of the molecule is CC[C@H](C)[C@H](NC(=O)c1ccc(-c2csc(C)n2)cc1)C(=O)O. The van der Waals surface area contributed by atoms with E-state index in [9.17, 15) is 14.7 Å². The summed E-state index contributed by atoms with van der Waals surface area (Å²) in [5.74, 6) is -1.52. The fraction of sp³-hybridized carbons (Fsp3) is 0.353. The summed E-state index contributed by atoms with van der Waals surface area (Å²) in [5.41, 5.74) is 2.25. The zero-order valence-corrected chi connectivity index (χ0v) is 14.2. The van der Waals surface area contributed by atoms with Crippen LogP contribution in [-0.2, 0) is 4.79 Å². The van der Waals surface area contributed by atoms with Crippen LogP contribution in [0.1, 0.15) is 35.6 Å². The first-order valence-electron chi connectivity index (χ1n) is 7.48. The highest BCUT2D eigenvalue weighted by molar-refractivity contribution is 7.09. The van der Waals surface area contributed by atoms with Crippen LogP contribution in [0.15, 0.2) is 29.6 Å². The number of carboxylic acid groups (broad SMARTS) is 1. The number of aliphatic carboxylic acids is 1. The lowest BCUT2D eigenvalue weighted by Crippen LogP contribution is -2.45. The van der Waals surface area contributed by atoms with Gasteiger partial charge in [0, 0.05) is 16.5 Å². The highest BCUT2D eigenvalue weighted by Crippen LogP contribution is 2.22. The van der Waals surface area contributed by atoms with Gasteiger partial charge in [0.2, 0.25) is 0 Å². The Labute approximate surface area is 139 Å². The van der Waals surface area contributed by atoms with E-state index >= 15 is 0 Å². The second-order valence-electron chi connectivity index (χ2n) is 5.50. The molecule has 0 aliphatic carbocycles. The largest absolute Gasteiger partial charge is 0.480 e. The Morgan fingerprint density at radius 3 is 2.43 bits per heavy atom. The average molecular weight is 332 g/mol. The number of hydrogen-bond acceptors (Lipinski definition) is 4. The number of hydrogen-bond donors (Lipinski definition) is 2. The maximum absolute atomic E-state index is 12.2. The molecule has 23 heavy (non-hydrogen) atoms. The molecule has 0 bridgehead atoms. The quantitative estimate of drug-likeness (QED) is 0.850. The minimum atomic E-state index is -1.01. The van der Waals surface area contributed by atoms with Gasteiger partial charge in [-0.05, 0) is 25.0 Å². The topological polar surface area (TPSA) is 79.3 Å². The van der Waals surface area contributed by atoms with Crippen molar-refractivity contribution < 1.29 is 14.7 Å². The van der Waals surface area contributed by atoms with Gasteiger partial charge in [0.15, 0.2) is 0 Å². The molecule has 1 aromatic carbocycles. The van der Waals surface area contributed by atoms with Crippen molar-refractivity contribution in [1.82, 2.24) is 10.3 Å². The number of amides is 1. The van der Waals surface area contributed by atoms with E-state index in [-0.39, 0.29) is 11.8 Å². The molecule has 122 valence electrons. The first kappa shape index (κ1) is 17.1. The van der Waals surface area contributed by atoms with Crippen LogP contribution in [0.4, 0.5) is 0 Å². The van der Waals surface area contributed by atoms with Crippen molar-refractivity contribution in [3.8, 4) is 11.3 Å². The van der Waals surface area contributed by atoms with Crippen LogP contribution >= 0.6 is 11.3 Å². The minimum absolute atomic E-state index is 0.131. The molecular formula is C17H20N2O3S. The molecule has 2 aromatic rings. The molecule has 1 amide bonds. The summed E-state index contributed by atoms with van der Waals surface area (Å²) in [6, 6.07) is 6.14. The molecule has 0 fully saturated rings. The Hall–Kier alpha value is -2.21. The van der Waals surface area contributed by atoms with E-state index in [2.05, 4.69) is 10.3 Å². The Balaban J connectivity index is 2.12. The molecule has 2 N–H and O–H groups in total. The number of carbonyl (C=O) groups excluding carboxylic acids is 1. The highest BCUT2D eigenvalue weighted by Gasteiger charge is 2.25. The normalized spacial score (nSPS) is 13.3. The number of aryl methyl sites for hydroxylation is 1. The molecule has 5 nitrogen and oxygen atoms in total. The zero-order chi connectivity index (χ0) is 17.0. The number of aromatic nitrogens is 1. The molecule has 0 radical (unpaired) electrons. The maximum Gasteiger partial charge on any atom is 0.326 e. The molecule has 0 unspecified atom stereocenters. The van der Waals surface area contributed by atoms with Crippen molar-refractivity contribution in [2.45, 2.75) is 33.2 Å². The Morgan fingerprint density at radius 1 is 1.30 bits per heavy atom. The minimum Gasteiger partial charge on any atom is -0.480 e. The molecule has 0 saturated heterocycles. The molecule has 1 aromatic heterocycles. The number of nitrogens with one attached hydrogen (secondary N) is 1. The maximum atomic E-state index is 12.2. The van der Waals surface area contributed by atoms with Crippen LogP contribution in [0, 0.1) is 12.8 Å². The molecule has 2 rings (SSSR count). The summed E-state index contributed by atoms with van der Waals surface area (Å²) >= 11 is 1.57. The van der Waals surface area contributed by atoms with Crippen LogP contribution in [0.5, 0.6) is 0 Å². The Morgan fingerprint density at radius 2 is 1.96 bits per heavy atom. The standard InChI is InChI=1S/C17H20N2O3S/c1-4-10(2)15(17(21)22)19-16(20)13-7-5-12(6-8-13)14-9-23-11(3)18-14/h5-10,15H,4H2,1-3H3,(H,19,20)(H,21,22)/t10-,15-/m0/s1. The van der Waals surface area contributed by atoms with Gasteiger partial charge < -0.3 is 10.4 Å². The third-order valence-corrected chi connectivity index (χ3v) is 4.60. The smallest absolute Gasteiger partial charge is 0.326 e. The van der Waals surface area contributed by atoms with E-state index in [0.29, 0.717) is 12.0 Å². The molecule has 0 aliphatic heterocycles. The lowest BCUT2D eigenvalue weighted by molar-refractivity contribution is -0.140. The zero-order valence-electron chi connectivity index (χ0n) is 13.4. The van der Waals surface area contributed by atoms with Gasteiger partial charge in [0.05, 0.1) is 10.7 Å². The van der Waals surface area contributed by atoms with Gasteiger partial charge in [-0.25, -0.2) is 9.78 Å². The van der Waals surface area contributed by atoms with Crippen molar-refractivity contribution in [3.63, 3.8) is 0 Å². The van der Waals surface area contributed by atoms with Gasteiger partial charge in [-0.2, -0.15) is 0 Å². The van der Waals surface area contributed by atoms with Gasteiger partial charge in [-0.3, -0.25) is 4.79 Å². The highest BCUT2D eigenvalue weighted by atomic mass is 32.1. The van der Waals surface area contributed by atoms with E-state index < -0.39 is 12.0 Å². The molecule has 6 heteroatoms. The number of benzene rings is 1. The summed E-state index contributed by atoms with van der Waals surface area (Å²) in [7, 11) is 0. The van der Waals surface area contributed by atoms with Crippen molar-refractivity contribution in [1.29, 1.82) is 0 Å². The van der Waals surface area contributed by atoms with Gasteiger partial charge >= 0.3 is 5.97 Å². The number of rotatable bonds is 6. The van der Waals surface area contributed by atoms with E-state index in [1.165, 1.54) is 0 Å². The van der Waals surface area contributed by atoms with E-state index in [1.807, 2.05) is 38.3 Å². The fourth-order valence-electron chi connectivity index (χ4n) is 2.20. The van der Waals surface area contributed by atoms with E-state index in [0.717, 1.165) is 16.3 Å². The van der Waals surface area contributed by atoms with Crippen LogP contribution < -0.4 is 5.32 Å². The molecule has 2 atom stereocenters. The summed E-state index contributed by atoms with van der Waals surface area (Å²) in [6.45, 7) is 5.65. The van der Waals surface area contributed by atoms with Crippen molar-refractivity contribution in [2.24, 2.45) is 5.92 Å². The average Bonchev–Trinajstić information content (AvgIpc) is 2.98. The van der Waals surface area contributed by atoms with Crippen LogP contribution in [0.25, 0.3) is 11.3 Å². The van der Waals surface area contributed by atoms with E-state index in [4.69, 9.17) is 0 Å².